The summed E-state index contributed by atoms with van der Waals surface area (Å²) in [6, 6.07) is 43.4. The van der Waals surface area contributed by atoms with Gasteiger partial charge in [-0.05, 0) is 58.9 Å². The summed E-state index contributed by atoms with van der Waals surface area (Å²) >= 11 is 0. The number of hydrazone groups is 1. The van der Waals surface area contributed by atoms with Crippen LogP contribution in [0.3, 0.4) is 0 Å². The average molecular weight is 614 g/mol. The van der Waals surface area contributed by atoms with Crippen LogP contribution in [0.4, 0.5) is 11.4 Å². The quantitative estimate of drug-likeness (QED) is 0.180. The highest BCUT2D eigenvalue weighted by atomic mass is 15.6. The Hall–Kier alpha value is -5.36. The first-order valence-electron chi connectivity index (χ1n) is 16.3. The standard InChI is InChI=1S/C41H40BN5/c1-28-23-29(2)39(30(3)24-28)42(36-19-14-22-38(26-36)47-27-46(32(5)44-47)37-20-11-8-12-21-37)35-18-13-17-34(25-35)41-43-40(31(4)45(41)6)33-15-9-7-10-16-33/h7-26H,27H2,1-6H3. The van der Waals surface area contributed by atoms with E-state index in [1.54, 1.807) is 0 Å². The number of nitrogens with zero attached hydrogens (tertiary/aromatic N) is 5. The fourth-order valence-corrected chi connectivity index (χ4v) is 7.11. The van der Waals surface area contributed by atoms with Gasteiger partial charge in [0, 0.05) is 29.6 Å². The molecule has 1 aromatic heterocycles. The van der Waals surface area contributed by atoms with Crippen LogP contribution in [0.5, 0.6) is 0 Å². The summed E-state index contributed by atoms with van der Waals surface area (Å²) in [4.78, 5) is 7.44. The fraction of sp³-hybridized carbons (Fsp3) is 0.171. The lowest BCUT2D eigenvalue weighted by molar-refractivity contribution is 0.885. The molecule has 0 saturated carbocycles. The first-order valence-corrected chi connectivity index (χ1v) is 16.3. The Morgan fingerprint density at radius 2 is 1.21 bits per heavy atom. The lowest BCUT2D eigenvalue weighted by atomic mass is 9.35. The molecule has 0 atom stereocenters. The monoisotopic (exact) mass is 613 g/mol. The van der Waals surface area contributed by atoms with Gasteiger partial charge in [0.1, 0.15) is 18.3 Å². The predicted molar refractivity (Wildman–Crippen MR) is 200 cm³/mol. The second-order valence-corrected chi connectivity index (χ2v) is 12.7. The molecule has 232 valence electrons. The molecule has 1 aliphatic rings. The minimum Gasteiger partial charge on any atom is -0.331 e. The Balaban J connectivity index is 1.32. The van der Waals surface area contributed by atoms with Crippen molar-refractivity contribution in [2.45, 2.75) is 34.6 Å². The number of amidine groups is 1. The minimum atomic E-state index is 0.0309. The molecule has 2 heterocycles. The van der Waals surface area contributed by atoms with Crippen LogP contribution in [0.2, 0.25) is 0 Å². The normalized spacial score (nSPS) is 12.9. The summed E-state index contributed by atoms with van der Waals surface area (Å²) in [5.74, 6) is 1.95. The molecule has 0 aliphatic carbocycles. The zero-order valence-electron chi connectivity index (χ0n) is 28.1. The maximum Gasteiger partial charge on any atom is 0.242 e. The highest BCUT2D eigenvalue weighted by Crippen LogP contribution is 2.28. The molecule has 6 aromatic rings. The van der Waals surface area contributed by atoms with E-state index in [0.29, 0.717) is 6.67 Å². The van der Waals surface area contributed by atoms with Crippen LogP contribution >= 0.6 is 0 Å². The highest BCUT2D eigenvalue weighted by molar-refractivity contribution is 6.96. The van der Waals surface area contributed by atoms with Crippen molar-refractivity contribution in [2.24, 2.45) is 12.1 Å². The lowest BCUT2D eigenvalue weighted by Gasteiger charge is -2.24. The van der Waals surface area contributed by atoms with Gasteiger partial charge in [-0.2, -0.15) is 5.10 Å². The zero-order valence-corrected chi connectivity index (χ0v) is 28.1. The number of aromatic nitrogens is 2. The summed E-state index contributed by atoms with van der Waals surface area (Å²) in [5, 5.41) is 7.08. The summed E-state index contributed by atoms with van der Waals surface area (Å²) in [7, 11) is 2.11. The molecular formula is C41H40BN5. The maximum absolute atomic E-state index is 5.18. The molecule has 0 bridgehead atoms. The van der Waals surface area contributed by atoms with Crippen molar-refractivity contribution in [3.63, 3.8) is 0 Å². The van der Waals surface area contributed by atoms with Crippen LogP contribution in [0.25, 0.3) is 22.6 Å². The Labute approximate surface area is 278 Å². The molecule has 0 fully saturated rings. The number of aryl methyl sites for hydroxylation is 3. The number of hydrogen-bond acceptors (Lipinski definition) is 4. The van der Waals surface area contributed by atoms with Gasteiger partial charge in [0.25, 0.3) is 0 Å². The van der Waals surface area contributed by atoms with Gasteiger partial charge in [0.15, 0.2) is 0 Å². The van der Waals surface area contributed by atoms with Crippen LogP contribution in [-0.4, -0.2) is 28.8 Å². The molecule has 5 nitrogen and oxygen atoms in total. The van der Waals surface area contributed by atoms with E-state index in [1.807, 2.05) is 6.07 Å². The van der Waals surface area contributed by atoms with Gasteiger partial charge in [-0.15, -0.1) is 0 Å². The summed E-state index contributed by atoms with van der Waals surface area (Å²) in [6.07, 6.45) is 0. The smallest absolute Gasteiger partial charge is 0.242 e. The number of benzene rings is 5. The van der Waals surface area contributed by atoms with Crippen LogP contribution in [0.15, 0.2) is 126 Å². The van der Waals surface area contributed by atoms with Crippen molar-refractivity contribution in [1.82, 2.24) is 9.55 Å². The third kappa shape index (κ3) is 5.76. The Morgan fingerprint density at radius 3 is 1.91 bits per heavy atom. The van der Waals surface area contributed by atoms with Crippen LogP contribution < -0.4 is 26.3 Å². The van der Waals surface area contributed by atoms with Crippen molar-refractivity contribution in [1.29, 1.82) is 0 Å². The van der Waals surface area contributed by atoms with Crippen molar-refractivity contribution in [2.75, 3.05) is 16.6 Å². The van der Waals surface area contributed by atoms with Gasteiger partial charge in [-0.25, -0.2) is 9.99 Å². The van der Waals surface area contributed by atoms with Crippen LogP contribution in [0.1, 0.15) is 29.3 Å². The van der Waals surface area contributed by atoms with Crippen molar-refractivity contribution >= 4 is 40.3 Å². The number of anilines is 2. The third-order valence-electron chi connectivity index (χ3n) is 9.43. The Kier molecular flexibility index (Phi) is 8.03. The van der Waals surface area contributed by atoms with Crippen molar-refractivity contribution in [3.8, 4) is 22.6 Å². The number of rotatable bonds is 7. The molecule has 0 N–H and O–H groups in total. The number of para-hydroxylation sites is 1. The predicted octanol–water partition coefficient (Wildman–Crippen LogP) is 7.12. The molecule has 5 aromatic carbocycles. The topological polar surface area (TPSA) is 36.7 Å². The first kappa shape index (κ1) is 30.3. The van der Waals surface area contributed by atoms with Crippen LogP contribution in [-0.2, 0) is 7.05 Å². The van der Waals surface area contributed by atoms with E-state index in [4.69, 9.17) is 10.1 Å². The molecule has 0 radical (unpaired) electrons. The molecule has 0 amide bonds. The molecule has 7 rings (SSSR count). The van der Waals surface area contributed by atoms with E-state index in [0.717, 1.165) is 45.5 Å². The second kappa shape index (κ2) is 12.4. The summed E-state index contributed by atoms with van der Waals surface area (Å²) in [6.45, 7) is 11.6. The molecule has 0 saturated heterocycles. The number of imidazole rings is 1. The molecule has 0 unspecified atom stereocenters. The van der Waals surface area contributed by atoms with Gasteiger partial charge < -0.3 is 9.47 Å². The molecular weight excluding hydrogens is 573 g/mol. The van der Waals surface area contributed by atoms with Crippen LogP contribution in [0, 0.1) is 27.7 Å². The first-order chi connectivity index (χ1) is 22.8. The largest absolute Gasteiger partial charge is 0.331 e. The van der Waals surface area contributed by atoms with E-state index < -0.39 is 0 Å². The molecule has 0 spiro atoms. The Morgan fingerprint density at radius 1 is 0.617 bits per heavy atom. The van der Waals surface area contributed by atoms with Gasteiger partial charge in [-0.1, -0.05) is 130 Å². The van der Waals surface area contributed by atoms with E-state index in [9.17, 15) is 0 Å². The van der Waals surface area contributed by atoms with Gasteiger partial charge >= 0.3 is 0 Å². The van der Waals surface area contributed by atoms with E-state index in [2.05, 4.69) is 171 Å². The Bertz CT molecular complexity index is 2080. The van der Waals surface area contributed by atoms with Gasteiger partial charge in [-0.3, -0.25) is 0 Å². The molecule has 6 heteroatoms. The molecule has 47 heavy (non-hydrogen) atoms. The summed E-state index contributed by atoms with van der Waals surface area (Å²) in [5.41, 5.74) is 14.3. The van der Waals surface area contributed by atoms with E-state index in [-0.39, 0.29) is 6.71 Å². The third-order valence-corrected chi connectivity index (χ3v) is 9.43. The van der Waals surface area contributed by atoms with Gasteiger partial charge in [0.2, 0.25) is 6.71 Å². The number of hydrogen-bond donors (Lipinski definition) is 0. The maximum atomic E-state index is 5.18. The van der Waals surface area contributed by atoms with E-state index >= 15 is 0 Å². The average Bonchev–Trinajstić information content (AvgIpc) is 3.62. The van der Waals surface area contributed by atoms with Gasteiger partial charge in [0.05, 0.1) is 11.4 Å². The fourth-order valence-electron chi connectivity index (χ4n) is 7.11. The molecule has 1 aliphatic heterocycles. The van der Waals surface area contributed by atoms with Crippen molar-refractivity contribution in [3.05, 3.63) is 144 Å². The summed E-state index contributed by atoms with van der Waals surface area (Å²) < 4.78 is 2.21. The highest BCUT2D eigenvalue weighted by Gasteiger charge is 2.28. The zero-order chi connectivity index (χ0) is 32.7. The second-order valence-electron chi connectivity index (χ2n) is 12.7. The van der Waals surface area contributed by atoms with Crippen molar-refractivity contribution < 1.29 is 0 Å². The minimum absolute atomic E-state index is 0.0309. The lowest BCUT2D eigenvalue weighted by Crippen LogP contribution is -2.54. The van der Waals surface area contributed by atoms with E-state index in [1.165, 1.54) is 33.1 Å². The SMILES string of the molecule is CC1=NN(c2cccc(B(c3cccc(-c4nc(-c5ccccc5)c(C)n4C)c3)c3c(C)cc(C)cc3C)c2)CN1c1ccccc1.